The van der Waals surface area contributed by atoms with Crippen molar-refractivity contribution in [2.24, 2.45) is 0 Å². The minimum absolute atomic E-state index is 0.0543. The molecule has 1 amide bonds. The van der Waals surface area contributed by atoms with Crippen molar-refractivity contribution in [3.63, 3.8) is 0 Å². The van der Waals surface area contributed by atoms with E-state index in [1.807, 2.05) is 29.2 Å². The van der Waals surface area contributed by atoms with Crippen LogP contribution >= 0.6 is 11.6 Å². The summed E-state index contributed by atoms with van der Waals surface area (Å²) in [7, 11) is 3.23. The summed E-state index contributed by atoms with van der Waals surface area (Å²) < 4.78 is 21.9. The van der Waals surface area contributed by atoms with Gasteiger partial charge in [-0.1, -0.05) is 11.6 Å². The normalized spacial score (nSPS) is 15.2. The molecule has 0 saturated heterocycles. The topological polar surface area (TPSA) is 57.2 Å². The highest BCUT2D eigenvalue weighted by Gasteiger charge is 2.32. The SMILES string of the molecule is COc1ccc(CN(C(=O)/C=C/c2cc(Cl)c3c(c2)OCCO3)C2CC2)c(OC)c1. The molecular weight excluding hydrogens is 406 g/mol. The molecule has 1 heterocycles. The lowest BCUT2D eigenvalue weighted by Crippen LogP contribution is -2.31. The smallest absolute Gasteiger partial charge is 0.247 e. The molecule has 1 aliphatic carbocycles. The lowest BCUT2D eigenvalue weighted by molar-refractivity contribution is -0.127. The van der Waals surface area contributed by atoms with Gasteiger partial charge in [0.05, 0.1) is 19.2 Å². The number of ether oxygens (including phenoxy) is 4. The summed E-state index contributed by atoms with van der Waals surface area (Å²) in [6, 6.07) is 9.49. The van der Waals surface area contributed by atoms with Crippen molar-refractivity contribution in [2.45, 2.75) is 25.4 Å². The maximum atomic E-state index is 13.0. The van der Waals surface area contributed by atoms with E-state index in [2.05, 4.69) is 0 Å². The van der Waals surface area contributed by atoms with Gasteiger partial charge in [-0.3, -0.25) is 4.79 Å². The fraction of sp³-hybridized carbons (Fsp3) is 0.348. The van der Waals surface area contributed by atoms with Crippen LogP contribution in [0.15, 0.2) is 36.4 Å². The van der Waals surface area contributed by atoms with Crippen LogP contribution in [0.25, 0.3) is 6.08 Å². The molecule has 0 radical (unpaired) electrons. The van der Waals surface area contributed by atoms with E-state index < -0.39 is 0 Å². The predicted molar refractivity (Wildman–Crippen MR) is 115 cm³/mol. The fourth-order valence-corrected chi connectivity index (χ4v) is 3.70. The van der Waals surface area contributed by atoms with Crippen LogP contribution in [0.3, 0.4) is 0 Å². The van der Waals surface area contributed by atoms with Crippen LogP contribution in [-0.4, -0.2) is 44.3 Å². The largest absolute Gasteiger partial charge is 0.497 e. The fourth-order valence-electron chi connectivity index (χ4n) is 3.43. The molecule has 0 N–H and O–H groups in total. The first kappa shape index (κ1) is 20.4. The lowest BCUT2D eigenvalue weighted by atomic mass is 10.1. The Balaban J connectivity index is 1.52. The van der Waals surface area contributed by atoms with Crippen LogP contribution < -0.4 is 18.9 Å². The number of fused-ring (bicyclic) bond motifs is 1. The summed E-state index contributed by atoms with van der Waals surface area (Å²) in [6.07, 6.45) is 5.35. The van der Waals surface area contributed by atoms with Crippen molar-refractivity contribution >= 4 is 23.6 Å². The number of carbonyl (C=O) groups is 1. The van der Waals surface area contributed by atoms with E-state index in [-0.39, 0.29) is 11.9 Å². The Bertz CT molecular complexity index is 970. The van der Waals surface area contributed by atoms with Gasteiger partial charge in [-0.2, -0.15) is 0 Å². The number of halogens is 1. The summed E-state index contributed by atoms with van der Waals surface area (Å²) in [6.45, 7) is 1.43. The van der Waals surface area contributed by atoms with Crippen molar-refractivity contribution < 1.29 is 23.7 Å². The van der Waals surface area contributed by atoms with E-state index in [9.17, 15) is 4.79 Å². The molecule has 2 aliphatic rings. The summed E-state index contributed by atoms with van der Waals surface area (Å²) in [5, 5.41) is 0.473. The molecule has 0 unspecified atom stereocenters. The standard InChI is InChI=1S/C23H24ClNO5/c1-27-18-7-4-16(20(13-18)28-2)14-25(17-5-6-17)22(26)8-3-15-11-19(24)23-21(12-15)29-9-10-30-23/h3-4,7-8,11-13,17H,5-6,9-10,14H2,1-2H3/b8-3+. The highest BCUT2D eigenvalue weighted by atomic mass is 35.5. The van der Waals surface area contributed by atoms with Crippen LogP contribution in [0.1, 0.15) is 24.0 Å². The molecule has 2 aromatic carbocycles. The molecule has 1 saturated carbocycles. The van der Waals surface area contributed by atoms with Gasteiger partial charge in [-0.15, -0.1) is 0 Å². The molecule has 6 nitrogen and oxygen atoms in total. The number of nitrogens with zero attached hydrogens (tertiary/aromatic N) is 1. The van der Waals surface area contributed by atoms with E-state index in [0.717, 1.165) is 29.7 Å². The van der Waals surface area contributed by atoms with Crippen LogP contribution in [0.2, 0.25) is 5.02 Å². The lowest BCUT2D eigenvalue weighted by Gasteiger charge is -2.22. The van der Waals surface area contributed by atoms with Crippen molar-refractivity contribution in [3.8, 4) is 23.0 Å². The molecule has 158 valence electrons. The van der Waals surface area contributed by atoms with Gasteiger partial charge in [-0.25, -0.2) is 0 Å². The average Bonchev–Trinajstić information content (AvgIpc) is 3.61. The van der Waals surface area contributed by atoms with E-state index in [1.165, 1.54) is 0 Å². The van der Waals surface area contributed by atoms with Gasteiger partial charge in [0.2, 0.25) is 5.91 Å². The quantitative estimate of drug-likeness (QED) is 0.613. The Hall–Kier alpha value is -2.86. The second kappa shape index (κ2) is 8.88. The highest BCUT2D eigenvalue weighted by Crippen LogP contribution is 2.39. The third kappa shape index (κ3) is 4.49. The first-order valence-corrected chi connectivity index (χ1v) is 10.3. The Kier molecular flexibility index (Phi) is 6.04. The van der Waals surface area contributed by atoms with Gasteiger partial charge in [-0.05, 0) is 48.7 Å². The van der Waals surface area contributed by atoms with Crippen LogP contribution in [0.5, 0.6) is 23.0 Å². The number of hydrogen-bond acceptors (Lipinski definition) is 5. The molecule has 2 aromatic rings. The monoisotopic (exact) mass is 429 g/mol. The molecule has 0 spiro atoms. The minimum atomic E-state index is -0.0543. The van der Waals surface area contributed by atoms with Crippen LogP contribution in [-0.2, 0) is 11.3 Å². The van der Waals surface area contributed by atoms with Crippen molar-refractivity contribution in [1.29, 1.82) is 0 Å². The molecule has 1 fully saturated rings. The zero-order chi connectivity index (χ0) is 21.1. The van der Waals surface area contributed by atoms with Gasteiger partial charge in [0.25, 0.3) is 0 Å². The number of rotatable bonds is 7. The van der Waals surface area contributed by atoms with E-state index >= 15 is 0 Å². The summed E-state index contributed by atoms with van der Waals surface area (Å²) in [5.74, 6) is 2.52. The number of amides is 1. The van der Waals surface area contributed by atoms with Gasteiger partial charge in [0, 0.05) is 30.3 Å². The van der Waals surface area contributed by atoms with E-state index in [1.54, 1.807) is 32.4 Å². The summed E-state index contributed by atoms with van der Waals surface area (Å²) in [4.78, 5) is 14.9. The van der Waals surface area contributed by atoms with Crippen molar-refractivity contribution in [3.05, 3.63) is 52.6 Å². The highest BCUT2D eigenvalue weighted by molar-refractivity contribution is 6.32. The third-order valence-electron chi connectivity index (χ3n) is 5.14. The molecule has 0 aromatic heterocycles. The summed E-state index contributed by atoms with van der Waals surface area (Å²) >= 11 is 6.29. The first-order chi connectivity index (χ1) is 14.6. The van der Waals surface area contributed by atoms with Gasteiger partial charge < -0.3 is 23.8 Å². The Morgan fingerprint density at radius 1 is 1.17 bits per heavy atom. The van der Waals surface area contributed by atoms with Crippen molar-refractivity contribution in [1.82, 2.24) is 4.90 Å². The molecule has 1 aliphatic heterocycles. The Morgan fingerprint density at radius 3 is 2.70 bits per heavy atom. The van der Waals surface area contributed by atoms with E-state index in [0.29, 0.717) is 42.0 Å². The number of benzene rings is 2. The number of carbonyl (C=O) groups excluding carboxylic acids is 1. The molecule has 30 heavy (non-hydrogen) atoms. The van der Waals surface area contributed by atoms with Crippen LogP contribution in [0, 0.1) is 0 Å². The van der Waals surface area contributed by atoms with Gasteiger partial charge in [0.15, 0.2) is 11.5 Å². The third-order valence-corrected chi connectivity index (χ3v) is 5.42. The second-order valence-corrected chi connectivity index (χ2v) is 7.64. The Morgan fingerprint density at radius 2 is 1.97 bits per heavy atom. The van der Waals surface area contributed by atoms with Crippen molar-refractivity contribution in [2.75, 3.05) is 27.4 Å². The first-order valence-electron chi connectivity index (χ1n) is 9.87. The molecule has 7 heteroatoms. The maximum Gasteiger partial charge on any atom is 0.247 e. The molecule has 4 rings (SSSR count). The number of methoxy groups -OCH3 is 2. The zero-order valence-electron chi connectivity index (χ0n) is 17.0. The second-order valence-electron chi connectivity index (χ2n) is 7.24. The zero-order valence-corrected chi connectivity index (χ0v) is 17.8. The molecule has 0 bridgehead atoms. The minimum Gasteiger partial charge on any atom is -0.497 e. The Labute approximate surface area is 180 Å². The maximum absolute atomic E-state index is 13.0. The molecule has 0 atom stereocenters. The van der Waals surface area contributed by atoms with Gasteiger partial charge >= 0.3 is 0 Å². The van der Waals surface area contributed by atoms with Crippen LogP contribution in [0.4, 0.5) is 0 Å². The average molecular weight is 430 g/mol. The predicted octanol–water partition coefficient (Wildman–Crippen LogP) is 4.33. The number of hydrogen-bond donors (Lipinski definition) is 0. The summed E-state index contributed by atoms with van der Waals surface area (Å²) in [5.41, 5.74) is 1.73. The molecular formula is C23H24ClNO5. The van der Waals surface area contributed by atoms with E-state index in [4.69, 9.17) is 30.5 Å². The van der Waals surface area contributed by atoms with Gasteiger partial charge in [0.1, 0.15) is 24.7 Å².